The second-order valence-corrected chi connectivity index (χ2v) is 9.68. The molecule has 1 heterocycles. The van der Waals surface area contributed by atoms with Crippen LogP contribution in [-0.2, 0) is 27.2 Å². The fourth-order valence-corrected chi connectivity index (χ4v) is 4.45. The van der Waals surface area contributed by atoms with Gasteiger partial charge in [0.25, 0.3) is 0 Å². The number of carboxylic acid groups (broad SMARTS) is 2. The number of aromatic hydroxyl groups is 1. The normalized spacial score (nSPS) is 16.2. The molecule has 2 aromatic carbocycles. The maximum absolute atomic E-state index is 13.3. The molecule has 210 valence electrons. The summed E-state index contributed by atoms with van der Waals surface area (Å²) in [6, 6.07) is 13.3. The van der Waals surface area contributed by atoms with Crippen molar-refractivity contribution in [2.45, 2.75) is 44.2 Å². The van der Waals surface area contributed by atoms with Crippen molar-refractivity contribution < 1.29 is 34.5 Å². The lowest BCUT2D eigenvalue weighted by Crippen LogP contribution is -2.52. The number of hydrogen-bond donors (Lipinski definition) is 6. The number of benzene rings is 2. The Kier molecular flexibility index (Phi) is 11.1. The Morgan fingerprint density at radius 1 is 0.974 bits per heavy atom. The maximum Gasteiger partial charge on any atom is 0.326 e. The van der Waals surface area contributed by atoms with Crippen molar-refractivity contribution >= 4 is 23.9 Å². The van der Waals surface area contributed by atoms with Crippen LogP contribution in [0.15, 0.2) is 54.6 Å². The van der Waals surface area contributed by atoms with E-state index in [2.05, 4.69) is 16.0 Å². The van der Waals surface area contributed by atoms with Crippen LogP contribution in [-0.4, -0.2) is 82.4 Å². The van der Waals surface area contributed by atoms with E-state index in [1.54, 1.807) is 12.1 Å². The number of carbonyl (C=O) groups excluding carboxylic acids is 2. The number of aryl methyl sites for hydroxylation is 1. The highest BCUT2D eigenvalue weighted by Crippen LogP contribution is 2.13. The van der Waals surface area contributed by atoms with E-state index in [0.717, 1.165) is 18.5 Å². The molecule has 0 aromatic heterocycles. The number of urea groups is 1. The van der Waals surface area contributed by atoms with Crippen molar-refractivity contribution in [3.8, 4) is 5.75 Å². The fourth-order valence-electron chi connectivity index (χ4n) is 4.45. The van der Waals surface area contributed by atoms with Crippen LogP contribution in [0.5, 0.6) is 5.75 Å². The molecule has 1 fully saturated rings. The summed E-state index contributed by atoms with van der Waals surface area (Å²) < 4.78 is 0. The van der Waals surface area contributed by atoms with E-state index < -0.39 is 29.9 Å². The molecule has 11 heteroatoms. The zero-order valence-corrected chi connectivity index (χ0v) is 21.7. The van der Waals surface area contributed by atoms with E-state index >= 15 is 0 Å². The van der Waals surface area contributed by atoms with Crippen LogP contribution in [0.1, 0.15) is 30.4 Å². The number of carbonyl (C=O) groups is 4. The lowest BCUT2D eigenvalue weighted by Gasteiger charge is -2.28. The quantitative estimate of drug-likeness (QED) is 0.210. The van der Waals surface area contributed by atoms with Gasteiger partial charge in [0.05, 0.1) is 12.0 Å². The highest BCUT2D eigenvalue weighted by Gasteiger charge is 2.29. The molecule has 11 nitrogen and oxygen atoms in total. The number of phenolic OH excluding ortho intramolecular Hbond substituents is 1. The molecule has 1 aliphatic heterocycles. The number of carboxylic acids is 2. The molecule has 0 saturated carbocycles. The van der Waals surface area contributed by atoms with Gasteiger partial charge in [-0.25, -0.2) is 9.59 Å². The van der Waals surface area contributed by atoms with Crippen LogP contribution >= 0.6 is 0 Å². The number of rotatable bonds is 14. The van der Waals surface area contributed by atoms with Gasteiger partial charge in [0, 0.05) is 26.1 Å². The molecule has 0 spiro atoms. The van der Waals surface area contributed by atoms with Crippen LogP contribution < -0.4 is 16.0 Å². The highest BCUT2D eigenvalue weighted by molar-refractivity contribution is 5.84. The lowest BCUT2D eigenvalue weighted by molar-refractivity contribution is -0.142. The summed E-state index contributed by atoms with van der Waals surface area (Å²) in [5.74, 6) is -3.74. The molecule has 1 saturated heterocycles. The second kappa shape index (κ2) is 14.7. The number of nitrogens with one attached hydrogen (secondary N) is 3. The average Bonchev–Trinajstić information content (AvgIpc) is 3.46. The molecular formula is C28H36N4O7. The Morgan fingerprint density at radius 3 is 2.31 bits per heavy atom. The van der Waals surface area contributed by atoms with Crippen molar-refractivity contribution in [1.82, 2.24) is 20.9 Å². The minimum Gasteiger partial charge on any atom is -0.508 e. The number of phenols is 1. The van der Waals surface area contributed by atoms with Gasteiger partial charge in [-0.05, 0) is 55.5 Å². The molecule has 6 N–H and O–H groups in total. The first-order chi connectivity index (χ1) is 18.7. The standard InChI is InChI=1S/C28H36N4O7/c33-22-12-10-20(11-13-22)16-24(27(37)38)31-28(39)32(15-5-8-19-6-2-1-3-7-19)18-21(26(35)36)17-30-25(34)23-9-4-14-29-23/h1-3,6-7,10-13,21,23-24,29,33H,4-5,8-9,14-18H2,(H,30,34)(H,31,39)(H,35,36)(H,37,38)/t21-,23+,24+/m1/s1. The third-order valence-electron chi connectivity index (χ3n) is 6.68. The number of hydrogen-bond acceptors (Lipinski definition) is 6. The van der Waals surface area contributed by atoms with Gasteiger partial charge >= 0.3 is 18.0 Å². The first-order valence-corrected chi connectivity index (χ1v) is 13.1. The van der Waals surface area contributed by atoms with Crippen molar-refractivity contribution in [2.24, 2.45) is 5.92 Å². The molecule has 3 atom stereocenters. The van der Waals surface area contributed by atoms with E-state index in [9.17, 15) is 34.5 Å². The molecule has 3 amide bonds. The van der Waals surface area contributed by atoms with Gasteiger partial charge < -0.3 is 36.2 Å². The zero-order chi connectivity index (χ0) is 28.2. The van der Waals surface area contributed by atoms with Crippen LogP contribution in [0.4, 0.5) is 4.79 Å². The second-order valence-electron chi connectivity index (χ2n) is 9.68. The van der Waals surface area contributed by atoms with Gasteiger partial charge in [-0.1, -0.05) is 42.5 Å². The average molecular weight is 541 g/mol. The van der Waals surface area contributed by atoms with Crippen LogP contribution in [0.3, 0.4) is 0 Å². The van der Waals surface area contributed by atoms with Crippen LogP contribution in [0, 0.1) is 5.92 Å². The summed E-state index contributed by atoms with van der Waals surface area (Å²) >= 11 is 0. The van der Waals surface area contributed by atoms with Gasteiger partial charge in [-0.15, -0.1) is 0 Å². The summed E-state index contributed by atoms with van der Waals surface area (Å²) in [5, 5.41) is 37.3. The first-order valence-electron chi connectivity index (χ1n) is 13.1. The predicted octanol–water partition coefficient (Wildman–Crippen LogP) is 1.60. The van der Waals surface area contributed by atoms with E-state index in [-0.39, 0.29) is 43.8 Å². The number of nitrogens with zero attached hydrogens (tertiary/aromatic N) is 1. The molecule has 2 aromatic rings. The molecule has 3 rings (SSSR count). The Bertz CT molecular complexity index is 1100. The summed E-state index contributed by atoms with van der Waals surface area (Å²) in [6.07, 6.45) is 2.69. The molecule has 1 aliphatic rings. The van der Waals surface area contributed by atoms with Gasteiger partial charge in [-0.2, -0.15) is 0 Å². The van der Waals surface area contributed by atoms with E-state index in [1.807, 2.05) is 30.3 Å². The van der Waals surface area contributed by atoms with Crippen molar-refractivity contribution in [3.63, 3.8) is 0 Å². The van der Waals surface area contributed by atoms with Crippen LogP contribution in [0.2, 0.25) is 0 Å². The monoisotopic (exact) mass is 540 g/mol. The van der Waals surface area contributed by atoms with Gasteiger partial charge in [0.2, 0.25) is 5.91 Å². The number of amides is 3. The Hall–Kier alpha value is -4.12. The Balaban J connectivity index is 1.68. The van der Waals surface area contributed by atoms with E-state index in [0.29, 0.717) is 24.8 Å². The smallest absolute Gasteiger partial charge is 0.326 e. The summed E-state index contributed by atoms with van der Waals surface area (Å²) in [5.41, 5.74) is 1.66. The van der Waals surface area contributed by atoms with Crippen LogP contribution in [0.25, 0.3) is 0 Å². The highest BCUT2D eigenvalue weighted by atomic mass is 16.4. The van der Waals surface area contributed by atoms with Crippen molar-refractivity contribution in [2.75, 3.05) is 26.2 Å². The van der Waals surface area contributed by atoms with Gasteiger partial charge in [0.1, 0.15) is 11.8 Å². The molecule has 39 heavy (non-hydrogen) atoms. The predicted molar refractivity (Wildman–Crippen MR) is 143 cm³/mol. The lowest BCUT2D eigenvalue weighted by atomic mass is 10.1. The topological polar surface area (TPSA) is 168 Å². The van der Waals surface area contributed by atoms with Crippen molar-refractivity contribution in [3.05, 3.63) is 65.7 Å². The summed E-state index contributed by atoms with van der Waals surface area (Å²) in [6.45, 7) is 0.545. The van der Waals surface area contributed by atoms with E-state index in [1.165, 1.54) is 17.0 Å². The Morgan fingerprint density at radius 2 is 1.69 bits per heavy atom. The first kappa shape index (κ1) is 29.4. The third-order valence-corrected chi connectivity index (χ3v) is 6.68. The van der Waals surface area contributed by atoms with Gasteiger partial charge in [0.15, 0.2) is 0 Å². The molecule has 0 bridgehead atoms. The Labute approximate surface area is 227 Å². The zero-order valence-electron chi connectivity index (χ0n) is 21.7. The third kappa shape index (κ3) is 9.60. The van der Waals surface area contributed by atoms with Crippen molar-refractivity contribution in [1.29, 1.82) is 0 Å². The largest absolute Gasteiger partial charge is 0.508 e. The summed E-state index contributed by atoms with van der Waals surface area (Å²) in [4.78, 5) is 50.9. The van der Waals surface area contributed by atoms with Gasteiger partial charge in [-0.3, -0.25) is 9.59 Å². The summed E-state index contributed by atoms with van der Waals surface area (Å²) in [7, 11) is 0. The number of aliphatic carboxylic acids is 2. The maximum atomic E-state index is 13.3. The fraction of sp³-hybridized carbons (Fsp3) is 0.429. The van der Waals surface area contributed by atoms with E-state index in [4.69, 9.17) is 0 Å². The SMILES string of the molecule is O=C(O)[C@H](CNC(=O)[C@@H]1CCCN1)CN(CCCc1ccccc1)C(=O)N[C@@H](Cc1ccc(O)cc1)C(=O)O. The molecule has 0 unspecified atom stereocenters. The molecular weight excluding hydrogens is 504 g/mol. The minimum atomic E-state index is -1.27. The minimum absolute atomic E-state index is 0.0218. The molecule has 0 aliphatic carbocycles. The molecule has 0 radical (unpaired) electrons.